The fourth-order valence-corrected chi connectivity index (χ4v) is 1.61. The summed E-state index contributed by atoms with van der Waals surface area (Å²) in [7, 11) is 1.63. The van der Waals surface area contributed by atoms with Crippen molar-refractivity contribution in [3.8, 4) is 17.0 Å². The molecule has 0 aliphatic rings. The van der Waals surface area contributed by atoms with E-state index in [0.717, 1.165) is 17.0 Å². The summed E-state index contributed by atoms with van der Waals surface area (Å²) in [4.78, 5) is 20.4. The Morgan fingerprint density at radius 1 is 1.10 bits per heavy atom. The van der Waals surface area contributed by atoms with Gasteiger partial charge in [-0.25, -0.2) is 4.98 Å². The molecule has 5 nitrogen and oxygen atoms in total. The van der Waals surface area contributed by atoms with Crippen LogP contribution in [0.25, 0.3) is 11.3 Å². The highest BCUT2D eigenvalue weighted by Gasteiger charge is 2.21. The van der Waals surface area contributed by atoms with Crippen molar-refractivity contribution in [3.63, 3.8) is 0 Å². The molecule has 1 aromatic heterocycles. The minimum absolute atomic E-state index is 0.0889. The number of aromatic nitrogens is 2. The summed E-state index contributed by atoms with van der Waals surface area (Å²) in [5.74, 6) is 1.15. The van der Waals surface area contributed by atoms with Gasteiger partial charge in [0.15, 0.2) is 5.82 Å². The first-order chi connectivity index (χ1) is 9.90. The van der Waals surface area contributed by atoms with E-state index in [4.69, 9.17) is 4.74 Å². The van der Waals surface area contributed by atoms with Gasteiger partial charge in [0.2, 0.25) is 5.91 Å². The molecular formula is C16H19N3O2. The molecule has 0 bridgehead atoms. The average molecular weight is 285 g/mol. The number of rotatable bonds is 3. The average Bonchev–Trinajstić information content (AvgIpc) is 2.47. The Labute approximate surface area is 124 Å². The maximum atomic E-state index is 11.9. The Bertz CT molecular complexity index is 613. The lowest BCUT2D eigenvalue weighted by Gasteiger charge is -2.16. The Hall–Kier alpha value is -2.43. The number of hydrogen-bond acceptors (Lipinski definition) is 4. The van der Waals surface area contributed by atoms with Gasteiger partial charge in [-0.2, -0.15) is 0 Å². The second kappa shape index (κ2) is 5.91. The van der Waals surface area contributed by atoms with E-state index < -0.39 is 5.41 Å². The number of anilines is 1. The van der Waals surface area contributed by atoms with Gasteiger partial charge in [-0.3, -0.25) is 9.78 Å². The summed E-state index contributed by atoms with van der Waals surface area (Å²) >= 11 is 0. The molecule has 2 rings (SSSR count). The fourth-order valence-electron chi connectivity index (χ4n) is 1.61. The van der Waals surface area contributed by atoms with Gasteiger partial charge in [-0.15, -0.1) is 0 Å². The lowest BCUT2D eigenvalue weighted by Crippen LogP contribution is -2.28. The highest BCUT2D eigenvalue weighted by molar-refractivity contribution is 5.93. The van der Waals surface area contributed by atoms with Crippen LogP contribution in [-0.4, -0.2) is 23.0 Å². The predicted molar refractivity (Wildman–Crippen MR) is 82.1 cm³/mol. The molecule has 2 aromatic rings. The summed E-state index contributed by atoms with van der Waals surface area (Å²) in [6.45, 7) is 5.55. The van der Waals surface area contributed by atoms with Crippen LogP contribution in [0.1, 0.15) is 20.8 Å². The first-order valence-corrected chi connectivity index (χ1v) is 6.68. The largest absolute Gasteiger partial charge is 0.497 e. The van der Waals surface area contributed by atoms with Crippen LogP contribution in [0.15, 0.2) is 36.7 Å². The van der Waals surface area contributed by atoms with Gasteiger partial charge in [-0.1, -0.05) is 20.8 Å². The molecule has 1 N–H and O–H groups in total. The zero-order valence-corrected chi connectivity index (χ0v) is 12.7. The summed E-state index contributed by atoms with van der Waals surface area (Å²) in [5, 5.41) is 2.75. The van der Waals surface area contributed by atoms with E-state index >= 15 is 0 Å². The molecular weight excluding hydrogens is 266 g/mol. The molecule has 1 aromatic carbocycles. The SMILES string of the molecule is COc1ccc(-c2cnc(NC(=O)C(C)(C)C)cn2)cc1. The minimum atomic E-state index is -0.462. The molecule has 0 aliphatic heterocycles. The van der Waals surface area contributed by atoms with E-state index in [1.54, 1.807) is 19.5 Å². The Morgan fingerprint density at radius 2 is 1.76 bits per heavy atom. The van der Waals surface area contributed by atoms with E-state index in [0.29, 0.717) is 5.82 Å². The number of amides is 1. The fraction of sp³-hybridized carbons (Fsp3) is 0.312. The van der Waals surface area contributed by atoms with Crippen molar-refractivity contribution in [1.82, 2.24) is 9.97 Å². The van der Waals surface area contributed by atoms with Crippen LogP contribution in [0.4, 0.5) is 5.82 Å². The molecule has 21 heavy (non-hydrogen) atoms. The van der Waals surface area contributed by atoms with Gasteiger partial charge in [0.1, 0.15) is 5.75 Å². The summed E-state index contributed by atoms with van der Waals surface area (Å²) in [5.41, 5.74) is 1.22. The Kier molecular flexibility index (Phi) is 4.21. The maximum absolute atomic E-state index is 11.9. The van der Waals surface area contributed by atoms with Crippen molar-refractivity contribution in [1.29, 1.82) is 0 Å². The maximum Gasteiger partial charge on any atom is 0.230 e. The minimum Gasteiger partial charge on any atom is -0.497 e. The molecule has 0 fully saturated rings. The van der Waals surface area contributed by atoms with Crippen LogP contribution < -0.4 is 10.1 Å². The number of carbonyl (C=O) groups is 1. The van der Waals surface area contributed by atoms with Crippen molar-refractivity contribution < 1.29 is 9.53 Å². The Balaban J connectivity index is 2.13. The van der Waals surface area contributed by atoms with Crippen LogP contribution in [0.2, 0.25) is 0 Å². The number of carbonyl (C=O) groups excluding carboxylic acids is 1. The van der Waals surface area contributed by atoms with E-state index in [2.05, 4.69) is 15.3 Å². The lowest BCUT2D eigenvalue weighted by atomic mass is 9.96. The van der Waals surface area contributed by atoms with Crippen molar-refractivity contribution >= 4 is 11.7 Å². The number of methoxy groups -OCH3 is 1. The molecule has 0 radical (unpaired) electrons. The molecule has 0 atom stereocenters. The number of ether oxygens (including phenoxy) is 1. The summed E-state index contributed by atoms with van der Waals surface area (Å²) < 4.78 is 5.12. The zero-order chi connectivity index (χ0) is 15.5. The molecule has 1 amide bonds. The van der Waals surface area contributed by atoms with Crippen molar-refractivity contribution in [3.05, 3.63) is 36.7 Å². The third-order valence-electron chi connectivity index (χ3n) is 2.96. The van der Waals surface area contributed by atoms with Gasteiger partial charge in [0.25, 0.3) is 0 Å². The number of hydrogen-bond donors (Lipinski definition) is 1. The van der Waals surface area contributed by atoms with Gasteiger partial charge in [-0.05, 0) is 24.3 Å². The van der Waals surface area contributed by atoms with Gasteiger partial charge in [0, 0.05) is 11.0 Å². The van der Waals surface area contributed by atoms with Crippen LogP contribution in [0.5, 0.6) is 5.75 Å². The van der Waals surface area contributed by atoms with E-state index in [1.165, 1.54) is 0 Å². The molecule has 5 heteroatoms. The first kappa shape index (κ1) is 15.0. The smallest absolute Gasteiger partial charge is 0.230 e. The quantitative estimate of drug-likeness (QED) is 0.941. The second-order valence-corrected chi connectivity index (χ2v) is 5.72. The van der Waals surface area contributed by atoms with Crippen molar-refractivity contribution in [2.45, 2.75) is 20.8 Å². The summed E-state index contributed by atoms with van der Waals surface area (Å²) in [6.07, 6.45) is 3.20. The monoisotopic (exact) mass is 285 g/mol. The standard InChI is InChI=1S/C16H19N3O2/c1-16(2,3)15(20)19-14-10-17-13(9-18-14)11-5-7-12(21-4)8-6-11/h5-10H,1-4H3,(H,18,19,20). The molecule has 0 aliphatic carbocycles. The zero-order valence-electron chi connectivity index (χ0n) is 12.7. The lowest BCUT2D eigenvalue weighted by molar-refractivity contribution is -0.123. The highest BCUT2D eigenvalue weighted by Crippen LogP contribution is 2.21. The molecule has 0 saturated carbocycles. The van der Waals surface area contributed by atoms with Crippen molar-refractivity contribution in [2.75, 3.05) is 12.4 Å². The third kappa shape index (κ3) is 3.78. The number of nitrogens with zero attached hydrogens (tertiary/aromatic N) is 2. The van der Waals surface area contributed by atoms with E-state index in [1.807, 2.05) is 45.0 Å². The first-order valence-electron chi connectivity index (χ1n) is 6.68. The Morgan fingerprint density at radius 3 is 2.24 bits per heavy atom. The number of nitrogens with one attached hydrogen (secondary N) is 1. The molecule has 1 heterocycles. The van der Waals surface area contributed by atoms with E-state index in [9.17, 15) is 4.79 Å². The van der Waals surface area contributed by atoms with Crippen molar-refractivity contribution in [2.24, 2.45) is 5.41 Å². The van der Waals surface area contributed by atoms with Crippen LogP contribution in [-0.2, 0) is 4.79 Å². The highest BCUT2D eigenvalue weighted by atomic mass is 16.5. The van der Waals surface area contributed by atoms with Crippen LogP contribution in [0, 0.1) is 5.41 Å². The second-order valence-electron chi connectivity index (χ2n) is 5.72. The third-order valence-corrected chi connectivity index (χ3v) is 2.96. The topological polar surface area (TPSA) is 64.1 Å². The van der Waals surface area contributed by atoms with Gasteiger partial charge in [0.05, 0.1) is 25.2 Å². The molecule has 0 spiro atoms. The molecule has 110 valence electrons. The molecule has 0 saturated heterocycles. The van der Waals surface area contributed by atoms with Gasteiger partial charge < -0.3 is 10.1 Å². The summed E-state index contributed by atoms with van der Waals surface area (Å²) in [6, 6.07) is 7.56. The number of benzene rings is 1. The van der Waals surface area contributed by atoms with Crippen LogP contribution in [0.3, 0.4) is 0 Å². The predicted octanol–water partition coefficient (Wildman–Crippen LogP) is 3.14. The molecule has 0 unspecified atom stereocenters. The van der Waals surface area contributed by atoms with Crippen LogP contribution >= 0.6 is 0 Å². The van der Waals surface area contributed by atoms with Gasteiger partial charge >= 0.3 is 0 Å². The van der Waals surface area contributed by atoms with E-state index in [-0.39, 0.29) is 5.91 Å². The normalized spacial score (nSPS) is 11.0.